The normalized spacial score (nSPS) is 20.4. The smallest absolute Gasteiger partial charge is 0.262 e. The molecule has 1 aliphatic rings. The summed E-state index contributed by atoms with van der Waals surface area (Å²) in [6, 6.07) is 2.22. The molecule has 0 aliphatic carbocycles. The minimum Gasteiger partial charge on any atom is -0.299 e. The third-order valence-electron chi connectivity index (χ3n) is 4.19. The van der Waals surface area contributed by atoms with Gasteiger partial charge in [-0.25, -0.2) is 4.98 Å². The average molecular weight is 272 g/mol. The summed E-state index contributed by atoms with van der Waals surface area (Å²) < 4.78 is 1.74. The van der Waals surface area contributed by atoms with E-state index in [1.807, 2.05) is 0 Å². The van der Waals surface area contributed by atoms with Crippen molar-refractivity contribution in [3.8, 4) is 0 Å². The molecular formula is C15H20N4O. The first-order valence-electron chi connectivity index (χ1n) is 7.33. The second kappa shape index (κ2) is 5.71. The summed E-state index contributed by atoms with van der Waals surface area (Å²) in [4.78, 5) is 23.3. The Bertz CT molecular complexity index is 652. The van der Waals surface area contributed by atoms with Crippen LogP contribution in [0.25, 0.3) is 10.9 Å². The van der Waals surface area contributed by atoms with Crippen molar-refractivity contribution < 1.29 is 0 Å². The number of fused-ring (bicyclic) bond motifs is 1. The van der Waals surface area contributed by atoms with Crippen LogP contribution in [-0.4, -0.2) is 38.6 Å². The summed E-state index contributed by atoms with van der Waals surface area (Å²) in [5.74, 6) is 0. The highest BCUT2D eigenvalue weighted by molar-refractivity contribution is 5.75. The number of pyridine rings is 1. The lowest BCUT2D eigenvalue weighted by Gasteiger charge is -2.35. The van der Waals surface area contributed by atoms with Crippen molar-refractivity contribution in [2.45, 2.75) is 38.8 Å². The molecule has 0 aromatic carbocycles. The number of aromatic nitrogens is 3. The minimum atomic E-state index is 0.0183. The summed E-state index contributed by atoms with van der Waals surface area (Å²) in [6.45, 7) is 5.09. The van der Waals surface area contributed by atoms with Crippen LogP contribution < -0.4 is 5.56 Å². The van der Waals surface area contributed by atoms with Crippen molar-refractivity contribution in [1.29, 1.82) is 0 Å². The Kier molecular flexibility index (Phi) is 3.78. The molecule has 0 unspecified atom stereocenters. The van der Waals surface area contributed by atoms with Crippen LogP contribution in [0.15, 0.2) is 29.6 Å². The van der Waals surface area contributed by atoms with Gasteiger partial charge >= 0.3 is 0 Å². The maximum absolute atomic E-state index is 12.5. The molecule has 5 nitrogen and oxygen atoms in total. The van der Waals surface area contributed by atoms with Crippen LogP contribution in [-0.2, 0) is 6.54 Å². The van der Waals surface area contributed by atoms with Crippen LogP contribution in [0, 0.1) is 0 Å². The second-order valence-electron chi connectivity index (χ2n) is 5.37. The maximum atomic E-state index is 12.5. The molecule has 5 heteroatoms. The molecule has 0 amide bonds. The van der Waals surface area contributed by atoms with E-state index in [1.54, 1.807) is 29.4 Å². The molecule has 1 fully saturated rings. The highest BCUT2D eigenvalue weighted by Gasteiger charge is 2.21. The number of hydrogen-bond donors (Lipinski definition) is 0. The van der Waals surface area contributed by atoms with Crippen molar-refractivity contribution in [3.63, 3.8) is 0 Å². The van der Waals surface area contributed by atoms with Crippen molar-refractivity contribution in [1.82, 2.24) is 19.4 Å². The lowest BCUT2D eigenvalue weighted by Crippen LogP contribution is -2.43. The molecule has 0 bridgehead atoms. The van der Waals surface area contributed by atoms with Crippen molar-refractivity contribution in [2.75, 3.05) is 13.1 Å². The van der Waals surface area contributed by atoms with Gasteiger partial charge in [0, 0.05) is 25.0 Å². The van der Waals surface area contributed by atoms with Crippen LogP contribution in [0.1, 0.15) is 26.2 Å². The molecule has 1 aliphatic heterocycles. The predicted octanol–water partition coefficient (Wildman–Crippen LogP) is 1.67. The fourth-order valence-corrected chi connectivity index (χ4v) is 3.04. The Labute approximate surface area is 118 Å². The first-order chi connectivity index (χ1) is 9.79. The van der Waals surface area contributed by atoms with Crippen LogP contribution in [0.5, 0.6) is 0 Å². The van der Waals surface area contributed by atoms with Gasteiger partial charge in [-0.1, -0.05) is 13.3 Å². The van der Waals surface area contributed by atoms with E-state index < -0.39 is 0 Å². The number of likely N-dealkylation sites (N-methyl/N-ethyl adjacent to an activating group) is 1. The van der Waals surface area contributed by atoms with Gasteiger partial charge in [-0.3, -0.25) is 19.2 Å². The Morgan fingerprint density at radius 1 is 1.40 bits per heavy atom. The summed E-state index contributed by atoms with van der Waals surface area (Å²) in [7, 11) is 0. The van der Waals surface area contributed by atoms with E-state index in [9.17, 15) is 4.79 Å². The van der Waals surface area contributed by atoms with Crippen molar-refractivity contribution in [2.24, 2.45) is 0 Å². The molecule has 106 valence electrons. The zero-order chi connectivity index (χ0) is 13.9. The first-order valence-corrected chi connectivity index (χ1v) is 7.33. The van der Waals surface area contributed by atoms with Crippen LogP contribution >= 0.6 is 0 Å². The molecule has 2 aromatic heterocycles. The molecule has 0 spiro atoms. The fourth-order valence-electron chi connectivity index (χ4n) is 3.04. The molecule has 2 aromatic rings. The topological polar surface area (TPSA) is 51.0 Å². The lowest BCUT2D eigenvalue weighted by atomic mass is 10.0. The number of piperidine rings is 1. The quantitative estimate of drug-likeness (QED) is 0.853. The van der Waals surface area contributed by atoms with E-state index in [-0.39, 0.29) is 5.56 Å². The van der Waals surface area contributed by atoms with Crippen LogP contribution in [0.2, 0.25) is 0 Å². The SMILES string of the molecule is CCN1CCCC[C@H]1Cn1cnc2ccncc2c1=O. The Balaban J connectivity index is 1.90. The second-order valence-corrected chi connectivity index (χ2v) is 5.37. The van der Waals surface area contributed by atoms with Gasteiger partial charge in [-0.15, -0.1) is 0 Å². The van der Waals surface area contributed by atoms with Gasteiger partial charge in [0.2, 0.25) is 0 Å². The standard InChI is InChI=1S/C15H20N4O/c1-2-18-8-4-3-5-12(18)10-19-11-17-14-6-7-16-9-13(14)15(19)20/h6-7,9,11-12H,2-5,8,10H2,1H3/t12-/m0/s1. The Hall–Kier alpha value is -1.75. The molecule has 0 N–H and O–H groups in total. The predicted molar refractivity (Wildman–Crippen MR) is 78.7 cm³/mol. The maximum Gasteiger partial charge on any atom is 0.262 e. The average Bonchev–Trinajstić information content (AvgIpc) is 2.51. The van der Waals surface area contributed by atoms with Crippen molar-refractivity contribution >= 4 is 10.9 Å². The van der Waals surface area contributed by atoms with Gasteiger partial charge in [-0.05, 0) is 32.0 Å². The first kappa shape index (κ1) is 13.2. The zero-order valence-electron chi connectivity index (χ0n) is 11.8. The van der Waals surface area contributed by atoms with E-state index in [4.69, 9.17) is 0 Å². The Morgan fingerprint density at radius 2 is 2.30 bits per heavy atom. The number of hydrogen-bond acceptors (Lipinski definition) is 4. The van der Waals surface area contributed by atoms with E-state index in [1.165, 1.54) is 12.8 Å². The van der Waals surface area contributed by atoms with Gasteiger partial charge < -0.3 is 0 Å². The number of rotatable bonds is 3. The largest absolute Gasteiger partial charge is 0.299 e. The van der Waals surface area contributed by atoms with Crippen LogP contribution in [0.4, 0.5) is 0 Å². The van der Waals surface area contributed by atoms with E-state index >= 15 is 0 Å². The van der Waals surface area contributed by atoms with Gasteiger partial charge in [0.05, 0.1) is 17.2 Å². The lowest BCUT2D eigenvalue weighted by molar-refractivity contribution is 0.139. The summed E-state index contributed by atoms with van der Waals surface area (Å²) in [5.41, 5.74) is 0.738. The molecule has 0 saturated carbocycles. The third-order valence-corrected chi connectivity index (χ3v) is 4.19. The molecule has 1 atom stereocenters. The van der Waals surface area contributed by atoms with Gasteiger partial charge in [0.25, 0.3) is 5.56 Å². The van der Waals surface area contributed by atoms with Crippen molar-refractivity contribution in [3.05, 3.63) is 35.1 Å². The third kappa shape index (κ3) is 2.45. The van der Waals surface area contributed by atoms with Crippen LogP contribution in [0.3, 0.4) is 0 Å². The number of nitrogens with zero attached hydrogens (tertiary/aromatic N) is 4. The van der Waals surface area contributed by atoms with Gasteiger partial charge in [-0.2, -0.15) is 0 Å². The fraction of sp³-hybridized carbons (Fsp3) is 0.533. The molecule has 3 rings (SSSR count). The summed E-state index contributed by atoms with van der Waals surface area (Å²) >= 11 is 0. The molecule has 3 heterocycles. The minimum absolute atomic E-state index is 0.0183. The highest BCUT2D eigenvalue weighted by Crippen LogP contribution is 2.17. The molecule has 0 radical (unpaired) electrons. The Morgan fingerprint density at radius 3 is 3.15 bits per heavy atom. The molecule has 20 heavy (non-hydrogen) atoms. The number of likely N-dealkylation sites (tertiary alicyclic amines) is 1. The van der Waals surface area contributed by atoms with E-state index in [0.29, 0.717) is 11.4 Å². The van der Waals surface area contributed by atoms with Gasteiger partial charge in [0.1, 0.15) is 0 Å². The monoisotopic (exact) mass is 272 g/mol. The summed E-state index contributed by atoms with van der Waals surface area (Å²) in [6.07, 6.45) is 8.62. The van der Waals surface area contributed by atoms with E-state index in [0.717, 1.165) is 31.6 Å². The highest BCUT2D eigenvalue weighted by atomic mass is 16.1. The zero-order valence-corrected chi connectivity index (χ0v) is 11.8. The molecular weight excluding hydrogens is 252 g/mol. The van der Waals surface area contributed by atoms with E-state index in [2.05, 4.69) is 21.8 Å². The molecule has 1 saturated heterocycles. The van der Waals surface area contributed by atoms with Gasteiger partial charge in [0.15, 0.2) is 0 Å². The summed E-state index contributed by atoms with van der Waals surface area (Å²) in [5, 5.41) is 0.605.